The Kier molecular flexibility index (Phi) is 7.20. The molecule has 0 fully saturated rings. The van der Waals surface area contributed by atoms with E-state index in [-0.39, 0.29) is 16.7 Å². The van der Waals surface area contributed by atoms with Gasteiger partial charge in [-0.1, -0.05) is 39.5 Å². The van der Waals surface area contributed by atoms with Crippen molar-refractivity contribution >= 4 is 5.69 Å². The van der Waals surface area contributed by atoms with Gasteiger partial charge in [-0.25, -0.2) is 0 Å². The summed E-state index contributed by atoms with van der Waals surface area (Å²) in [6.45, 7) is 7.99. The lowest BCUT2D eigenvalue weighted by Gasteiger charge is -2.20. The van der Waals surface area contributed by atoms with E-state index >= 15 is 0 Å². The highest BCUT2D eigenvalue weighted by molar-refractivity contribution is 5.49. The van der Waals surface area contributed by atoms with Crippen molar-refractivity contribution in [2.24, 2.45) is 0 Å². The molecule has 0 N–H and O–H groups in total. The molecular weight excluding hydrogens is 266 g/mol. The van der Waals surface area contributed by atoms with Crippen molar-refractivity contribution < 1.29 is 9.66 Å². The van der Waals surface area contributed by atoms with E-state index in [1.807, 2.05) is 6.92 Å². The highest BCUT2D eigenvalue weighted by Gasteiger charge is 2.17. The van der Waals surface area contributed by atoms with Crippen LogP contribution >= 0.6 is 0 Å². The highest BCUT2D eigenvalue weighted by atomic mass is 16.6. The molecule has 21 heavy (non-hydrogen) atoms. The standard InChI is InChI=1S/C17H27NO3/c1-5-7-9-15(10-8-6-2)21-17-12-13(3)16(18(19)20)11-14(17)4/h11-12,15H,5-10H2,1-4H3. The second-order valence-corrected chi connectivity index (χ2v) is 5.69. The number of aryl methyl sites for hydroxylation is 2. The maximum atomic E-state index is 11.0. The average Bonchev–Trinajstić information content (AvgIpc) is 2.44. The Labute approximate surface area is 127 Å². The van der Waals surface area contributed by atoms with Gasteiger partial charge in [-0.05, 0) is 38.3 Å². The van der Waals surface area contributed by atoms with E-state index in [2.05, 4.69) is 13.8 Å². The zero-order chi connectivity index (χ0) is 15.8. The van der Waals surface area contributed by atoms with Gasteiger partial charge in [0.2, 0.25) is 0 Å². The molecule has 1 aromatic rings. The summed E-state index contributed by atoms with van der Waals surface area (Å²) in [6.07, 6.45) is 6.93. The molecule has 0 bridgehead atoms. The Bertz CT molecular complexity index is 463. The van der Waals surface area contributed by atoms with Crippen LogP contribution < -0.4 is 4.74 Å². The zero-order valence-corrected chi connectivity index (χ0v) is 13.6. The number of hydrogen-bond donors (Lipinski definition) is 0. The maximum absolute atomic E-state index is 11.0. The van der Waals surface area contributed by atoms with Crippen LogP contribution in [0.25, 0.3) is 0 Å². The van der Waals surface area contributed by atoms with Crippen LogP contribution in [0.15, 0.2) is 12.1 Å². The lowest BCUT2D eigenvalue weighted by atomic mass is 10.1. The molecule has 0 saturated carbocycles. The van der Waals surface area contributed by atoms with Gasteiger partial charge in [0.25, 0.3) is 5.69 Å². The number of nitrogens with zero attached hydrogens (tertiary/aromatic N) is 1. The third kappa shape index (κ3) is 5.37. The van der Waals surface area contributed by atoms with Crippen LogP contribution in [-0.4, -0.2) is 11.0 Å². The lowest BCUT2D eigenvalue weighted by molar-refractivity contribution is -0.385. The monoisotopic (exact) mass is 293 g/mol. The predicted octanol–water partition coefficient (Wildman–Crippen LogP) is 5.34. The van der Waals surface area contributed by atoms with Crippen LogP contribution in [-0.2, 0) is 0 Å². The van der Waals surface area contributed by atoms with E-state index in [0.717, 1.165) is 49.8 Å². The molecular formula is C17H27NO3. The minimum atomic E-state index is -0.336. The first-order valence-corrected chi connectivity index (χ1v) is 7.91. The molecule has 0 aliphatic heterocycles. The van der Waals surface area contributed by atoms with Gasteiger partial charge in [0.15, 0.2) is 0 Å². The summed E-state index contributed by atoms with van der Waals surface area (Å²) in [5, 5.41) is 11.0. The Balaban J connectivity index is 2.87. The number of benzene rings is 1. The van der Waals surface area contributed by atoms with Gasteiger partial charge in [-0.15, -0.1) is 0 Å². The van der Waals surface area contributed by atoms with E-state index in [1.54, 1.807) is 19.1 Å². The Morgan fingerprint density at radius 3 is 2.14 bits per heavy atom. The molecule has 0 amide bonds. The summed E-state index contributed by atoms with van der Waals surface area (Å²) in [7, 11) is 0. The smallest absolute Gasteiger partial charge is 0.272 e. The van der Waals surface area contributed by atoms with Crippen LogP contribution in [0.3, 0.4) is 0 Å². The first-order valence-electron chi connectivity index (χ1n) is 7.91. The van der Waals surface area contributed by atoms with Crippen molar-refractivity contribution in [2.75, 3.05) is 0 Å². The van der Waals surface area contributed by atoms with E-state index in [1.165, 1.54) is 0 Å². The Morgan fingerprint density at radius 2 is 1.67 bits per heavy atom. The van der Waals surface area contributed by atoms with Gasteiger partial charge in [-0.2, -0.15) is 0 Å². The molecule has 0 heterocycles. The van der Waals surface area contributed by atoms with Crippen molar-refractivity contribution in [2.45, 2.75) is 72.3 Å². The third-order valence-corrected chi connectivity index (χ3v) is 3.74. The van der Waals surface area contributed by atoms with Crippen molar-refractivity contribution in [1.82, 2.24) is 0 Å². The van der Waals surface area contributed by atoms with Gasteiger partial charge in [0, 0.05) is 11.6 Å². The van der Waals surface area contributed by atoms with E-state index in [4.69, 9.17) is 4.74 Å². The van der Waals surface area contributed by atoms with E-state index in [0.29, 0.717) is 5.56 Å². The van der Waals surface area contributed by atoms with E-state index < -0.39 is 0 Å². The number of unbranched alkanes of at least 4 members (excludes halogenated alkanes) is 2. The minimum absolute atomic E-state index is 0.165. The fraction of sp³-hybridized carbons (Fsp3) is 0.647. The molecule has 0 aliphatic carbocycles. The summed E-state index contributed by atoms with van der Waals surface area (Å²) in [5.74, 6) is 0.787. The fourth-order valence-electron chi connectivity index (χ4n) is 2.40. The number of nitro groups is 1. The topological polar surface area (TPSA) is 52.4 Å². The molecule has 0 unspecified atom stereocenters. The van der Waals surface area contributed by atoms with Crippen molar-refractivity contribution in [1.29, 1.82) is 0 Å². The number of hydrogen-bond acceptors (Lipinski definition) is 3. The number of nitro benzene ring substituents is 1. The molecule has 1 aromatic carbocycles. The predicted molar refractivity (Wildman–Crippen MR) is 86.0 cm³/mol. The summed E-state index contributed by atoms with van der Waals surface area (Å²) < 4.78 is 6.14. The third-order valence-electron chi connectivity index (χ3n) is 3.74. The van der Waals surface area contributed by atoms with Crippen LogP contribution in [0.4, 0.5) is 5.69 Å². The normalized spacial score (nSPS) is 10.9. The largest absolute Gasteiger partial charge is 0.490 e. The van der Waals surface area contributed by atoms with Crippen molar-refractivity contribution in [3.8, 4) is 5.75 Å². The van der Waals surface area contributed by atoms with Crippen LogP contribution in [0, 0.1) is 24.0 Å². The zero-order valence-electron chi connectivity index (χ0n) is 13.6. The quantitative estimate of drug-likeness (QED) is 0.456. The molecule has 4 heteroatoms. The highest BCUT2D eigenvalue weighted by Crippen LogP contribution is 2.29. The maximum Gasteiger partial charge on any atom is 0.272 e. The first-order chi connectivity index (χ1) is 9.99. The van der Waals surface area contributed by atoms with Crippen LogP contribution in [0.1, 0.15) is 63.5 Å². The fourth-order valence-corrected chi connectivity index (χ4v) is 2.40. The lowest BCUT2D eigenvalue weighted by Crippen LogP contribution is -2.17. The van der Waals surface area contributed by atoms with Gasteiger partial charge in [0.05, 0.1) is 11.0 Å². The van der Waals surface area contributed by atoms with Crippen LogP contribution in [0.5, 0.6) is 5.75 Å². The van der Waals surface area contributed by atoms with Gasteiger partial charge >= 0.3 is 0 Å². The summed E-state index contributed by atoms with van der Waals surface area (Å²) >= 11 is 0. The molecule has 0 saturated heterocycles. The molecule has 1 rings (SSSR count). The summed E-state index contributed by atoms with van der Waals surface area (Å²) in [5.41, 5.74) is 1.66. The molecule has 4 nitrogen and oxygen atoms in total. The molecule has 0 radical (unpaired) electrons. The SMILES string of the molecule is CCCCC(CCCC)Oc1cc(C)c([N+](=O)[O-])cc1C. The summed E-state index contributed by atoms with van der Waals surface area (Å²) in [4.78, 5) is 10.6. The molecule has 0 spiro atoms. The molecule has 118 valence electrons. The molecule has 0 atom stereocenters. The average molecular weight is 293 g/mol. The molecule has 0 aromatic heterocycles. The second kappa shape index (κ2) is 8.65. The number of rotatable bonds is 9. The second-order valence-electron chi connectivity index (χ2n) is 5.69. The van der Waals surface area contributed by atoms with Gasteiger partial charge < -0.3 is 4.74 Å². The van der Waals surface area contributed by atoms with Crippen molar-refractivity contribution in [3.63, 3.8) is 0 Å². The molecule has 0 aliphatic rings. The van der Waals surface area contributed by atoms with Gasteiger partial charge in [-0.3, -0.25) is 10.1 Å². The number of ether oxygens (including phenoxy) is 1. The van der Waals surface area contributed by atoms with Gasteiger partial charge in [0.1, 0.15) is 5.75 Å². The van der Waals surface area contributed by atoms with E-state index in [9.17, 15) is 10.1 Å². The Morgan fingerprint density at radius 1 is 1.10 bits per heavy atom. The van der Waals surface area contributed by atoms with Crippen LogP contribution in [0.2, 0.25) is 0 Å². The Hall–Kier alpha value is -1.58. The summed E-state index contributed by atoms with van der Waals surface area (Å²) in [6, 6.07) is 3.42. The van der Waals surface area contributed by atoms with Crippen molar-refractivity contribution in [3.05, 3.63) is 33.4 Å². The first kappa shape index (κ1) is 17.5. The minimum Gasteiger partial charge on any atom is -0.490 e.